The van der Waals surface area contributed by atoms with E-state index >= 15 is 0 Å². The van der Waals surface area contributed by atoms with Gasteiger partial charge in [0.1, 0.15) is 0 Å². The highest BCUT2D eigenvalue weighted by Gasteiger charge is 2.21. The van der Waals surface area contributed by atoms with Crippen molar-refractivity contribution < 1.29 is 8.42 Å². The molecule has 0 spiro atoms. The van der Waals surface area contributed by atoms with E-state index in [9.17, 15) is 8.42 Å². The standard InChI is InChI=1S/C13H19BrN2O2S/c14-12-8-7-11(9-13(12)15)19(17,18)16-10-5-3-1-2-4-6-10/h7-10,16H,1-6,15H2. The Morgan fingerprint density at radius 2 is 1.79 bits per heavy atom. The van der Waals surface area contributed by atoms with Crippen LogP contribution in [0, 0.1) is 0 Å². The number of hydrogen-bond acceptors (Lipinski definition) is 3. The van der Waals surface area contributed by atoms with Gasteiger partial charge >= 0.3 is 0 Å². The predicted octanol–water partition coefficient (Wildman–Crippen LogP) is 3.03. The number of nitrogens with two attached hydrogens (primary N) is 1. The van der Waals surface area contributed by atoms with Gasteiger partial charge in [0.15, 0.2) is 0 Å². The van der Waals surface area contributed by atoms with Crippen molar-refractivity contribution in [3.63, 3.8) is 0 Å². The summed E-state index contributed by atoms with van der Waals surface area (Å²) in [6.45, 7) is 0. The van der Waals surface area contributed by atoms with Gasteiger partial charge in [0, 0.05) is 16.2 Å². The third-order valence-corrected chi connectivity index (χ3v) is 5.70. The molecule has 6 heteroatoms. The number of rotatable bonds is 3. The Labute approximate surface area is 122 Å². The molecule has 1 aliphatic carbocycles. The molecule has 4 nitrogen and oxygen atoms in total. The van der Waals surface area contributed by atoms with E-state index in [2.05, 4.69) is 20.7 Å². The van der Waals surface area contributed by atoms with Crippen molar-refractivity contribution >= 4 is 31.6 Å². The molecule has 0 unspecified atom stereocenters. The average Bonchev–Trinajstić information content (AvgIpc) is 2.60. The summed E-state index contributed by atoms with van der Waals surface area (Å²) in [6, 6.07) is 4.77. The number of nitrogen functional groups attached to an aromatic ring is 1. The monoisotopic (exact) mass is 346 g/mol. The lowest BCUT2D eigenvalue weighted by Gasteiger charge is -2.16. The zero-order chi connectivity index (χ0) is 13.9. The van der Waals surface area contributed by atoms with Crippen LogP contribution in [0.1, 0.15) is 38.5 Å². The Kier molecular flexibility index (Phi) is 4.86. The van der Waals surface area contributed by atoms with E-state index in [0.717, 1.165) is 25.7 Å². The number of halogens is 1. The second-order valence-corrected chi connectivity index (χ2v) is 7.56. The van der Waals surface area contributed by atoms with E-state index in [0.29, 0.717) is 10.2 Å². The lowest BCUT2D eigenvalue weighted by atomic mass is 10.1. The molecule has 0 bridgehead atoms. The Balaban J connectivity index is 2.14. The summed E-state index contributed by atoms with van der Waals surface area (Å²) in [5, 5.41) is 0. The van der Waals surface area contributed by atoms with Crippen molar-refractivity contribution in [2.24, 2.45) is 0 Å². The normalized spacial score (nSPS) is 18.2. The second-order valence-electron chi connectivity index (χ2n) is 4.99. The molecule has 0 atom stereocenters. The Morgan fingerprint density at radius 3 is 2.37 bits per heavy atom. The van der Waals surface area contributed by atoms with Crippen molar-refractivity contribution in [1.82, 2.24) is 4.72 Å². The topological polar surface area (TPSA) is 72.2 Å². The molecule has 0 saturated heterocycles. The number of nitrogens with one attached hydrogen (secondary N) is 1. The fraction of sp³-hybridized carbons (Fsp3) is 0.538. The molecule has 19 heavy (non-hydrogen) atoms. The minimum atomic E-state index is -3.47. The summed E-state index contributed by atoms with van der Waals surface area (Å²) in [4.78, 5) is 0.234. The number of benzene rings is 1. The largest absolute Gasteiger partial charge is 0.398 e. The lowest BCUT2D eigenvalue weighted by molar-refractivity contribution is 0.510. The van der Waals surface area contributed by atoms with Crippen molar-refractivity contribution in [1.29, 1.82) is 0 Å². The summed E-state index contributed by atoms with van der Waals surface area (Å²) in [5.41, 5.74) is 6.17. The molecule has 3 N–H and O–H groups in total. The maximum atomic E-state index is 12.3. The van der Waals surface area contributed by atoms with Crippen LogP contribution >= 0.6 is 15.9 Å². The smallest absolute Gasteiger partial charge is 0.240 e. The van der Waals surface area contributed by atoms with Crippen LogP contribution in [0.15, 0.2) is 27.6 Å². The molecule has 1 saturated carbocycles. The first-order chi connectivity index (χ1) is 8.99. The van der Waals surface area contributed by atoms with Crippen LogP contribution in [0.2, 0.25) is 0 Å². The van der Waals surface area contributed by atoms with Crippen molar-refractivity contribution in [2.75, 3.05) is 5.73 Å². The third kappa shape index (κ3) is 3.94. The Morgan fingerprint density at radius 1 is 1.16 bits per heavy atom. The van der Waals surface area contributed by atoms with Gasteiger partial charge in [-0.2, -0.15) is 0 Å². The number of sulfonamides is 1. The zero-order valence-corrected chi connectivity index (χ0v) is 13.1. The van der Waals surface area contributed by atoms with Gasteiger partial charge < -0.3 is 5.73 Å². The minimum absolute atomic E-state index is 0.0531. The van der Waals surface area contributed by atoms with Gasteiger partial charge in [-0.1, -0.05) is 25.7 Å². The first-order valence-electron chi connectivity index (χ1n) is 6.56. The van der Waals surface area contributed by atoms with E-state index < -0.39 is 10.0 Å². The molecule has 1 aromatic rings. The Hall–Kier alpha value is -0.590. The SMILES string of the molecule is Nc1cc(S(=O)(=O)NC2CCCCCC2)ccc1Br. The molecule has 0 radical (unpaired) electrons. The van der Waals surface area contributed by atoms with Gasteiger partial charge in [0.05, 0.1) is 4.90 Å². The van der Waals surface area contributed by atoms with E-state index in [1.165, 1.54) is 18.9 Å². The van der Waals surface area contributed by atoms with Crippen LogP contribution < -0.4 is 10.5 Å². The van der Waals surface area contributed by atoms with E-state index in [1.54, 1.807) is 12.1 Å². The summed E-state index contributed by atoms with van der Waals surface area (Å²) in [7, 11) is -3.47. The number of hydrogen-bond donors (Lipinski definition) is 2. The minimum Gasteiger partial charge on any atom is -0.398 e. The molecule has 0 heterocycles. The van der Waals surface area contributed by atoms with Gasteiger partial charge in [-0.3, -0.25) is 0 Å². The molecule has 106 valence electrons. The molecular weight excluding hydrogens is 328 g/mol. The molecule has 0 aromatic heterocycles. The first-order valence-corrected chi connectivity index (χ1v) is 8.84. The third-order valence-electron chi connectivity index (χ3n) is 3.45. The molecule has 1 aromatic carbocycles. The summed E-state index contributed by atoms with van der Waals surface area (Å²) in [5.74, 6) is 0. The lowest BCUT2D eigenvalue weighted by Crippen LogP contribution is -2.34. The molecule has 2 rings (SSSR count). The highest BCUT2D eigenvalue weighted by atomic mass is 79.9. The van der Waals surface area contributed by atoms with Crippen LogP contribution in [-0.4, -0.2) is 14.5 Å². The highest BCUT2D eigenvalue weighted by molar-refractivity contribution is 9.10. The van der Waals surface area contributed by atoms with Crippen LogP contribution in [0.4, 0.5) is 5.69 Å². The molecule has 0 amide bonds. The first kappa shape index (κ1) is 14.8. The van der Waals surface area contributed by atoms with Crippen LogP contribution in [-0.2, 0) is 10.0 Å². The summed E-state index contributed by atoms with van der Waals surface area (Å²) < 4.78 is 28.1. The fourth-order valence-corrected chi connectivity index (χ4v) is 3.96. The molecule has 1 fully saturated rings. The van der Waals surface area contributed by atoms with Gasteiger partial charge in [-0.15, -0.1) is 0 Å². The summed E-state index contributed by atoms with van der Waals surface area (Å²) in [6.07, 6.45) is 6.43. The van der Waals surface area contributed by atoms with Gasteiger partial charge in [0.2, 0.25) is 10.0 Å². The van der Waals surface area contributed by atoms with E-state index in [1.807, 2.05) is 0 Å². The maximum Gasteiger partial charge on any atom is 0.240 e. The van der Waals surface area contributed by atoms with Crippen molar-refractivity contribution in [3.05, 3.63) is 22.7 Å². The Bertz CT molecular complexity index is 538. The van der Waals surface area contributed by atoms with Gasteiger partial charge in [-0.05, 0) is 47.0 Å². The molecule has 1 aliphatic rings. The fourth-order valence-electron chi connectivity index (χ4n) is 2.37. The van der Waals surface area contributed by atoms with E-state index in [4.69, 9.17) is 5.73 Å². The predicted molar refractivity (Wildman–Crippen MR) is 80.4 cm³/mol. The second kappa shape index (κ2) is 6.24. The van der Waals surface area contributed by atoms with Crippen molar-refractivity contribution in [3.8, 4) is 0 Å². The molecular formula is C13H19BrN2O2S. The molecule has 0 aliphatic heterocycles. The van der Waals surface area contributed by atoms with Crippen LogP contribution in [0.5, 0.6) is 0 Å². The average molecular weight is 347 g/mol. The summed E-state index contributed by atoms with van der Waals surface area (Å²) >= 11 is 3.26. The van der Waals surface area contributed by atoms with Crippen LogP contribution in [0.25, 0.3) is 0 Å². The van der Waals surface area contributed by atoms with Gasteiger partial charge in [-0.25, -0.2) is 13.1 Å². The quantitative estimate of drug-likeness (QED) is 0.652. The zero-order valence-electron chi connectivity index (χ0n) is 10.7. The van der Waals surface area contributed by atoms with E-state index in [-0.39, 0.29) is 10.9 Å². The number of anilines is 1. The van der Waals surface area contributed by atoms with Crippen LogP contribution in [0.3, 0.4) is 0 Å². The maximum absolute atomic E-state index is 12.3. The van der Waals surface area contributed by atoms with Crippen molar-refractivity contribution in [2.45, 2.75) is 49.5 Å². The highest BCUT2D eigenvalue weighted by Crippen LogP contribution is 2.24. The van der Waals surface area contributed by atoms with Gasteiger partial charge in [0.25, 0.3) is 0 Å².